The number of unbranched alkanes of at least 4 members (excludes halogenated alkanes) is 5. The molecule has 0 spiro atoms. The Bertz CT molecular complexity index is 210. The van der Waals surface area contributed by atoms with E-state index in [0.717, 1.165) is 6.42 Å². The van der Waals surface area contributed by atoms with Gasteiger partial charge in [-0.25, -0.2) is 0 Å². The first-order chi connectivity index (χ1) is 8.14. The predicted octanol–water partition coefficient (Wildman–Crippen LogP) is 5.13. The SMILES string of the molecule is C=CC(CCCCCCCC)C(C)(C=C)OC. The first-order valence-corrected chi connectivity index (χ1v) is 6.95. The number of hydrogen-bond donors (Lipinski definition) is 0. The zero-order chi connectivity index (χ0) is 13.1. The van der Waals surface area contributed by atoms with Crippen molar-refractivity contribution in [2.45, 2.75) is 64.4 Å². The van der Waals surface area contributed by atoms with Crippen LogP contribution in [-0.2, 0) is 4.74 Å². The summed E-state index contributed by atoms with van der Waals surface area (Å²) in [7, 11) is 1.75. The highest BCUT2D eigenvalue weighted by Crippen LogP contribution is 2.28. The lowest BCUT2D eigenvalue weighted by molar-refractivity contribution is 0.0107. The van der Waals surface area contributed by atoms with E-state index in [1.54, 1.807) is 7.11 Å². The Labute approximate surface area is 108 Å². The number of rotatable bonds is 11. The van der Waals surface area contributed by atoms with Gasteiger partial charge in [-0.15, -0.1) is 13.2 Å². The van der Waals surface area contributed by atoms with E-state index in [9.17, 15) is 0 Å². The van der Waals surface area contributed by atoms with Crippen LogP contribution in [0.4, 0.5) is 0 Å². The third-order valence-corrected chi connectivity index (χ3v) is 3.73. The minimum atomic E-state index is -0.259. The van der Waals surface area contributed by atoms with Crippen LogP contribution in [0.5, 0.6) is 0 Å². The van der Waals surface area contributed by atoms with Crippen LogP contribution in [0.2, 0.25) is 0 Å². The van der Waals surface area contributed by atoms with Crippen LogP contribution < -0.4 is 0 Å². The standard InChI is InChI=1S/C16H30O/c1-6-9-10-11-12-13-14-15(7-2)16(4,8-3)17-5/h7-8,15H,2-3,6,9-14H2,1,4-5H3. The zero-order valence-electron chi connectivity index (χ0n) is 12.0. The maximum Gasteiger partial charge on any atom is 0.0890 e. The molecule has 0 heterocycles. The molecule has 0 aliphatic rings. The quantitative estimate of drug-likeness (QED) is 0.358. The van der Waals surface area contributed by atoms with E-state index in [-0.39, 0.29) is 5.60 Å². The summed E-state index contributed by atoms with van der Waals surface area (Å²) in [5.41, 5.74) is -0.259. The molecule has 2 unspecified atom stereocenters. The maximum absolute atomic E-state index is 5.55. The molecule has 0 aliphatic carbocycles. The van der Waals surface area contributed by atoms with E-state index >= 15 is 0 Å². The van der Waals surface area contributed by atoms with Gasteiger partial charge in [-0.2, -0.15) is 0 Å². The van der Waals surface area contributed by atoms with Crippen LogP contribution in [0, 0.1) is 5.92 Å². The highest BCUT2D eigenvalue weighted by Gasteiger charge is 2.28. The summed E-state index contributed by atoms with van der Waals surface area (Å²) in [5, 5.41) is 0. The van der Waals surface area contributed by atoms with Gasteiger partial charge in [0.05, 0.1) is 5.60 Å². The third-order valence-electron chi connectivity index (χ3n) is 3.73. The van der Waals surface area contributed by atoms with E-state index in [2.05, 4.69) is 27.0 Å². The van der Waals surface area contributed by atoms with Crippen molar-refractivity contribution < 1.29 is 4.74 Å². The molecule has 100 valence electrons. The Hall–Kier alpha value is -0.560. The van der Waals surface area contributed by atoms with Crippen LogP contribution in [0.1, 0.15) is 58.8 Å². The minimum absolute atomic E-state index is 0.259. The van der Waals surface area contributed by atoms with Gasteiger partial charge in [-0.1, -0.05) is 57.6 Å². The normalized spacial score (nSPS) is 16.2. The summed E-state index contributed by atoms with van der Waals surface area (Å²) in [6, 6.07) is 0. The maximum atomic E-state index is 5.55. The van der Waals surface area contributed by atoms with Crippen LogP contribution in [0.15, 0.2) is 25.3 Å². The van der Waals surface area contributed by atoms with Gasteiger partial charge in [0.25, 0.3) is 0 Å². The van der Waals surface area contributed by atoms with E-state index in [4.69, 9.17) is 4.74 Å². The van der Waals surface area contributed by atoms with Gasteiger partial charge in [-0.05, 0) is 13.3 Å². The van der Waals surface area contributed by atoms with Gasteiger partial charge in [0.15, 0.2) is 0 Å². The van der Waals surface area contributed by atoms with E-state index in [1.807, 2.05) is 12.2 Å². The Morgan fingerprint density at radius 3 is 2.18 bits per heavy atom. The molecule has 0 bridgehead atoms. The minimum Gasteiger partial charge on any atom is -0.374 e. The van der Waals surface area contributed by atoms with Gasteiger partial charge in [0, 0.05) is 13.0 Å². The highest BCUT2D eigenvalue weighted by atomic mass is 16.5. The summed E-state index contributed by atoms with van der Waals surface area (Å²) >= 11 is 0. The number of hydrogen-bond acceptors (Lipinski definition) is 1. The lowest BCUT2D eigenvalue weighted by atomic mass is 9.84. The summed E-state index contributed by atoms with van der Waals surface area (Å²) in [4.78, 5) is 0. The van der Waals surface area contributed by atoms with Gasteiger partial charge >= 0.3 is 0 Å². The molecule has 0 aromatic carbocycles. The number of ether oxygens (including phenoxy) is 1. The average molecular weight is 238 g/mol. The van der Waals surface area contributed by atoms with Crippen molar-refractivity contribution >= 4 is 0 Å². The molecule has 0 fully saturated rings. The van der Waals surface area contributed by atoms with Gasteiger partial charge in [-0.3, -0.25) is 0 Å². The molecular formula is C16H30O. The van der Waals surface area contributed by atoms with Gasteiger partial charge in [0.1, 0.15) is 0 Å². The predicted molar refractivity (Wildman–Crippen MR) is 77.3 cm³/mol. The van der Waals surface area contributed by atoms with Crippen LogP contribution in [0.25, 0.3) is 0 Å². The molecule has 0 N–H and O–H groups in total. The van der Waals surface area contributed by atoms with Crippen molar-refractivity contribution in [2.24, 2.45) is 5.92 Å². The molecule has 0 saturated carbocycles. The first kappa shape index (κ1) is 16.4. The molecular weight excluding hydrogens is 208 g/mol. The lowest BCUT2D eigenvalue weighted by Crippen LogP contribution is -2.33. The molecule has 17 heavy (non-hydrogen) atoms. The Morgan fingerprint density at radius 2 is 1.71 bits per heavy atom. The molecule has 0 radical (unpaired) electrons. The molecule has 0 aliphatic heterocycles. The van der Waals surface area contributed by atoms with Gasteiger partial charge < -0.3 is 4.74 Å². The lowest BCUT2D eigenvalue weighted by Gasteiger charge is -2.31. The van der Waals surface area contributed by atoms with E-state index in [0.29, 0.717) is 5.92 Å². The fourth-order valence-electron chi connectivity index (χ4n) is 2.17. The van der Waals surface area contributed by atoms with Crippen molar-refractivity contribution in [3.63, 3.8) is 0 Å². The second-order valence-corrected chi connectivity index (χ2v) is 4.99. The molecule has 1 nitrogen and oxygen atoms in total. The van der Waals surface area contributed by atoms with Crippen LogP contribution in [-0.4, -0.2) is 12.7 Å². The van der Waals surface area contributed by atoms with Crippen LogP contribution >= 0.6 is 0 Å². The average Bonchev–Trinajstić information content (AvgIpc) is 2.37. The molecule has 0 saturated heterocycles. The van der Waals surface area contributed by atoms with Crippen molar-refractivity contribution in [1.82, 2.24) is 0 Å². The topological polar surface area (TPSA) is 9.23 Å². The van der Waals surface area contributed by atoms with E-state index < -0.39 is 0 Å². The molecule has 0 aromatic heterocycles. The summed E-state index contributed by atoms with van der Waals surface area (Å²) < 4.78 is 5.55. The Balaban J connectivity index is 3.90. The molecule has 1 heteroatoms. The molecule has 2 atom stereocenters. The Morgan fingerprint density at radius 1 is 1.12 bits per heavy atom. The van der Waals surface area contributed by atoms with Crippen molar-refractivity contribution in [2.75, 3.05) is 7.11 Å². The van der Waals surface area contributed by atoms with Crippen molar-refractivity contribution in [1.29, 1.82) is 0 Å². The fraction of sp³-hybridized carbons (Fsp3) is 0.750. The van der Waals surface area contributed by atoms with Crippen molar-refractivity contribution in [3.8, 4) is 0 Å². The second kappa shape index (κ2) is 9.47. The third kappa shape index (κ3) is 6.07. The monoisotopic (exact) mass is 238 g/mol. The molecule has 0 aromatic rings. The summed E-state index contributed by atoms with van der Waals surface area (Å²) in [6.07, 6.45) is 13.0. The van der Waals surface area contributed by atoms with Gasteiger partial charge in [0.2, 0.25) is 0 Å². The summed E-state index contributed by atoms with van der Waals surface area (Å²) in [5.74, 6) is 0.371. The van der Waals surface area contributed by atoms with Crippen molar-refractivity contribution in [3.05, 3.63) is 25.3 Å². The zero-order valence-corrected chi connectivity index (χ0v) is 12.0. The largest absolute Gasteiger partial charge is 0.374 e. The van der Waals surface area contributed by atoms with Crippen LogP contribution in [0.3, 0.4) is 0 Å². The smallest absolute Gasteiger partial charge is 0.0890 e. The second-order valence-electron chi connectivity index (χ2n) is 4.99. The first-order valence-electron chi connectivity index (χ1n) is 6.95. The number of methoxy groups -OCH3 is 1. The molecule has 0 amide bonds. The molecule has 0 rings (SSSR count). The Kier molecular flexibility index (Phi) is 9.16. The fourth-order valence-corrected chi connectivity index (χ4v) is 2.17. The summed E-state index contributed by atoms with van der Waals surface area (Å²) in [6.45, 7) is 12.1. The highest BCUT2D eigenvalue weighted by molar-refractivity contribution is 5.04. The van der Waals surface area contributed by atoms with E-state index in [1.165, 1.54) is 38.5 Å².